The van der Waals surface area contributed by atoms with Gasteiger partial charge in [0.05, 0.1) is 12.0 Å². The number of hydrazine groups is 1. The molecule has 2 rings (SSSR count). The first-order valence-corrected chi connectivity index (χ1v) is 7.02. The molecule has 0 bridgehead atoms. The average molecular weight is 277 g/mol. The van der Waals surface area contributed by atoms with E-state index in [9.17, 15) is 9.90 Å². The predicted octanol–water partition coefficient (Wildman–Crippen LogP) is 0.463. The van der Waals surface area contributed by atoms with E-state index in [0.29, 0.717) is 12.5 Å². The number of rotatable bonds is 6. The lowest BCUT2D eigenvalue weighted by molar-refractivity contribution is -0.123. The van der Waals surface area contributed by atoms with Crippen LogP contribution in [0, 0.1) is 5.92 Å². The van der Waals surface area contributed by atoms with Gasteiger partial charge in [-0.05, 0) is 31.4 Å². The van der Waals surface area contributed by atoms with Crippen LogP contribution in [-0.2, 0) is 4.79 Å². The van der Waals surface area contributed by atoms with Crippen molar-refractivity contribution in [2.45, 2.75) is 24.9 Å². The topological polar surface area (TPSA) is 78.6 Å². The van der Waals surface area contributed by atoms with E-state index in [4.69, 9.17) is 5.84 Å². The van der Waals surface area contributed by atoms with Crippen LogP contribution in [0.2, 0.25) is 0 Å². The highest BCUT2D eigenvalue weighted by atomic mass is 16.3. The highest BCUT2D eigenvalue weighted by molar-refractivity contribution is 5.83. The molecular formula is C15H23N3O2. The first-order chi connectivity index (χ1) is 9.60. The lowest BCUT2D eigenvalue weighted by Gasteiger charge is -2.35. The first-order valence-electron chi connectivity index (χ1n) is 7.02. The normalized spacial score (nSPS) is 23.2. The molecule has 4 N–H and O–H groups in total. The standard InChI is InChI=1S/C15H23N3O2/c1-18(9-11-7-13(19)8-11)10-14(15(20)17-16)12-5-3-2-4-6-12/h2-6,11,13-14,19H,7-10,16H2,1H3,(H,17,20). The average Bonchev–Trinajstić information content (AvgIpc) is 2.43. The van der Waals surface area contributed by atoms with E-state index in [2.05, 4.69) is 10.3 Å². The molecule has 0 heterocycles. The van der Waals surface area contributed by atoms with E-state index in [1.807, 2.05) is 37.4 Å². The molecule has 0 spiro atoms. The number of nitrogens with one attached hydrogen (secondary N) is 1. The fourth-order valence-corrected chi connectivity index (χ4v) is 2.80. The number of hydrogen-bond acceptors (Lipinski definition) is 4. The van der Waals surface area contributed by atoms with Crippen LogP contribution in [0.1, 0.15) is 24.3 Å². The zero-order chi connectivity index (χ0) is 14.5. The van der Waals surface area contributed by atoms with Crippen molar-refractivity contribution in [2.75, 3.05) is 20.1 Å². The molecular weight excluding hydrogens is 254 g/mol. The van der Waals surface area contributed by atoms with Gasteiger partial charge in [0.2, 0.25) is 5.91 Å². The third-order valence-electron chi connectivity index (χ3n) is 3.94. The summed E-state index contributed by atoms with van der Waals surface area (Å²) in [6, 6.07) is 9.67. The van der Waals surface area contributed by atoms with Crippen LogP contribution in [0.5, 0.6) is 0 Å². The number of likely N-dealkylation sites (N-methyl/N-ethyl adjacent to an activating group) is 1. The van der Waals surface area contributed by atoms with Gasteiger partial charge in [-0.15, -0.1) is 0 Å². The number of aliphatic hydroxyl groups excluding tert-OH is 1. The maximum absolute atomic E-state index is 12.0. The number of amides is 1. The van der Waals surface area contributed by atoms with Crippen molar-refractivity contribution in [1.82, 2.24) is 10.3 Å². The van der Waals surface area contributed by atoms with Gasteiger partial charge in [0.1, 0.15) is 0 Å². The molecule has 110 valence electrons. The second kappa shape index (κ2) is 6.83. The van der Waals surface area contributed by atoms with Crippen molar-refractivity contribution in [3.8, 4) is 0 Å². The van der Waals surface area contributed by atoms with Crippen LogP contribution in [0.3, 0.4) is 0 Å². The van der Waals surface area contributed by atoms with Gasteiger partial charge in [-0.2, -0.15) is 0 Å². The monoisotopic (exact) mass is 277 g/mol. The van der Waals surface area contributed by atoms with Gasteiger partial charge in [-0.1, -0.05) is 30.3 Å². The van der Waals surface area contributed by atoms with Crippen LogP contribution >= 0.6 is 0 Å². The molecule has 1 aromatic carbocycles. The van der Waals surface area contributed by atoms with E-state index in [1.54, 1.807) is 0 Å². The Hall–Kier alpha value is -1.43. The first kappa shape index (κ1) is 15.0. The quantitative estimate of drug-likeness (QED) is 0.401. The summed E-state index contributed by atoms with van der Waals surface area (Å²) in [5.41, 5.74) is 3.22. The second-order valence-corrected chi connectivity index (χ2v) is 5.68. The van der Waals surface area contributed by atoms with E-state index in [0.717, 1.165) is 24.9 Å². The smallest absolute Gasteiger partial charge is 0.242 e. The van der Waals surface area contributed by atoms with Gasteiger partial charge in [0, 0.05) is 13.1 Å². The van der Waals surface area contributed by atoms with Crippen LogP contribution in [-0.4, -0.2) is 42.2 Å². The van der Waals surface area contributed by atoms with Crippen LogP contribution in [0.4, 0.5) is 0 Å². The number of benzene rings is 1. The summed E-state index contributed by atoms with van der Waals surface area (Å²) in [5, 5.41) is 9.32. The van der Waals surface area contributed by atoms with E-state index in [1.165, 1.54) is 0 Å². The number of carbonyl (C=O) groups is 1. The van der Waals surface area contributed by atoms with Crippen molar-refractivity contribution < 1.29 is 9.90 Å². The Kier molecular flexibility index (Phi) is 5.11. The fraction of sp³-hybridized carbons (Fsp3) is 0.533. The van der Waals surface area contributed by atoms with Gasteiger partial charge in [-0.25, -0.2) is 5.84 Å². The van der Waals surface area contributed by atoms with Crippen molar-refractivity contribution in [3.63, 3.8) is 0 Å². The third kappa shape index (κ3) is 3.79. The predicted molar refractivity (Wildman–Crippen MR) is 77.7 cm³/mol. The van der Waals surface area contributed by atoms with E-state index >= 15 is 0 Å². The molecule has 0 aliphatic heterocycles. The Morgan fingerprint density at radius 2 is 2.10 bits per heavy atom. The maximum atomic E-state index is 12.0. The molecule has 0 saturated heterocycles. The number of nitrogens with zero attached hydrogens (tertiary/aromatic N) is 1. The molecule has 0 radical (unpaired) electrons. The minimum Gasteiger partial charge on any atom is -0.393 e. The van der Waals surface area contributed by atoms with E-state index < -0.39 is 0 Å². The molecule has 1 atom stereocenters. The van der Waals surface area contributed by atoms with Crippen LogP contribution in [0.15, 0.2) is 30.3 Å². The lowest BCUT2D eigenvalue weighted by atomic mass is 9.82. The van der Waals surface area contributed by atoms with Crippen LogP contribution in [0.25, 0.3) is 0 Å². The van der Waals surface area contributed by atoms with Crippen molar-refractivity contribution in [2.24, 2.45) is 11.8 Å². The molecule has 1 aromatic rings. The molecule has 0 aromatic heterocycles. The van der Waals surface area contributed by atoms with Gasteiger partial charge >= 0.3 is 0 Å². The maximum Gasteiger partial charge on any atom is 0.242 e. The summed E-state index contributed by atoms with van der Waals surface area (Å²) < 4.78 is 0. The minimum atomic E-state index is -0.267. The van der Waals surface area contributed by atoms with Crippen molar-refractivity contribution >= 4 is 5.91 Å². The number of aliphatic hydroxyl groups is 1. The van der Waals surface area contributed by atoms with Gasteiger partial charge in [0.15, 0.2) is 0 Å². The minimum absolute atomic E-state index is 0.134. The Balaban J connectivity index is 1.95. The summed E-state index contributed by atoms with van der Waals surface area (Å²) in [4.78, 5) is 14.1. The third-order valence-corrected chi connectivity index (χ3v) is 3.94. The zero-order valence-corrected chi connectivity index (χ0v) is 11.8. The zero-order valence-electron chi connectivity index (χ0n) is 11.8. The Morgan fingerprint density at radius 1 is 1.45 bits per heavy atom. The molecule has 5 heteroatoms. The summed E-state index contributed by atoms with van der Waals surface area (Å²) in [5.74, 6) is 5.39. The van der Waals surface area contributed by atoms with Gasteiger partial charge < -0.3 is 10.0 Å². The molecule has 5 nitrogen and oxygen atoms in total. The lowest BCUT2D eigenvalue weighted by Crippen LogP contribution is -2.42. The van der Waals surface area contributed by atoms with Crippen LogP contribution < -0.4 is 11.3 Å². The summed E-state index contributed by atoms with van der Waals surface area (Å²) in [7, 11) is 2.00. The molecule has 1 aliphatic carbocycles. The number of nitrogens with two attached hydrogens (primary N) is 1. The molecule has 1 fully saturated rings. The summed E-state index contributed by atoms with van der Waals surface area (Å²) in [6.07, 6.45) is 1.60. The summed E-state index contributed by atoms with van der Waals surface area (Å²) in [6.45, 7) is 1.53. The van der Waals surface area contributed by atoms with E-state index in [-0.39, 0.29) is 17.9 Å². The molecule has 1 aliphatic rings. The highest BCUT2D eigenvalue weighted by Crippen LogP contribution is 2.28. The largest absolute Gasteiger partial charge is 0.393 e. The van der Waals surface area contributed by atoms with Crippen molar-refractivity contribution in [3.05, 3.63) is 35.9 Å². The number of carbonyl (C=O) groups excluding carboxylic acids is 1. The molecule has 20 heavy (non-hydrogen) atoms. The number of hydrogen-bond donors (Lipinski definition) is 3. The molecule has 1 unspecified atom stereocenters. The Labute approximate surface area is 119 Å². The Morgan fingerprint density at radius 3 is 2.65 bits per heavy atom. The Bertz CT molecular complexity index is 432. The SMILES string of the molecule is CN(CC1CC(O)C1)CC(C(=O)NN)c1ccccc1. The fourth-order valence-electron chi connectivity index (χ4n) is 2.80. The van der Waals surface area contributed by atoms with Gasteiger partial charge in [0.25, 0.3) is 0 Å². The van der Waals surface area contributed by atoms with Crippen molar-refractivity contribution in [1.29, 1.82) is 0 Å². The van der Waals surface area contributed by atoms with Gasteiger partial charge in [-0.3, -0.25) is 10.2 Å². The molecule has 1 saturated carbocycles. The summed E-state index contributed by atoms with van der Waals surface area (Å²) >= 11 is 0. The molecule has 1 amide bonds. The second-order valence-electron chi connectivity index (χ2n) is 5.68. The highest BCUT2D eigenvalue weighted by Gasteiger charge is 2.29.